The molecule has 0 spiro atoms. The van der Waals surface area contributed by atoms with E-state index in [1.807, 2.05) is 19.3 Å². The highest BCUT2D eigenvalue weighted by Gasteiger charge is 2.08. The first kappa shape index (κ1) is 12.9. The van der Waals surface area contributed by atoms with E-state index in [-0.39, 0.29) is 5.78 Å². The van der Waals surface area contributed by atoms with Crippen molar-refractivity contribution >= 4 is 5.78 Å². The summed E-state index contributed by atoms with van der Waals surface area (Å²) in [6, 6.07) is 1.89. The molecule has 1 rings (SSSR count). The highest BCUT2D eigenvalue weighted by Crippen LogP contribution is 2.10. The summed E-state index contributed by atoms with van der Waals surface area (Å²) in [7, 11) is 1.86. The van der Waals surface area contributed by atoms with Crippen LogP contribution in [0.2, 0.25) is 0 Å². The number of nitrogens with zero attached hydrogens (tertiary/aromatic N) is 2. The van der Waals surface area contributed by atoms with Gasteiger partial charge in [0, 0.05) is 19.7 Å². The summed E-state index contributed by atoms with van der Waals surface area (Å²) in [5.41, 5.74) is 6.32. The van der Waals surface area contributed by atoms with Gasteiger partial charge in [0.05, 0.1) is 12.1 Å². The lowest BCUT2D eigenvalue weighted by Gasteiger charge is -2.08. The van der Waals surface area contributed by atoms with Crippen LogP contribution in [0.4, 0.5) is 0 Å². The Morgan fingerprint density at radius 1 is 1.56 bits per heavy atom. The SMILES string of the molecule is CC(CCN)CCC(=O)Cc1ccn(C)n1. The third kappa shape index (κ3) is 4.57. The lowest BCUT2D eigenvalue weighted by Crippen LogP contribution is -2.09. The van der Waals surface area contributed by atoms with E-state index in [0.717, 1.165) is 18.5 Å². The lowest BCUT2D eigenvalue weighted by atomic mass is 9.99. The molecule has 0 aromatic carbocycles. The molecule has 4 heteroatoms. The molecule has 90 valence electrons. The van der Waals surface area contributed by atoms with Gasteiger partial charge in [0.15, 0.2) is 0 Å². The summed E-state index contributed by atoms with van der Waals surface area (Å²) < 4.78 is 1.72. The van der Waals surface area contributed by atoms with E-state index in [1.54, 1.807) is 4.68 Å². The topological polar surface area (TPSA) is 60.9 Å². The molecule has 0 amide bonds. The number of hydrogen-bond acceptors (Lipinski definition) is 3. The van der Waals surface area contributed by atoms with Crippen LogP contribution in [0.25, 0.3) is 0 Å². The highest BCUT2D eigenvalue weighted by molar-refractivity contribution is 5.80. The number of nitrogens with two attached hydrogens (primary N) is 1. The number of aromatic nitrogens is 2. The van der Waals surface area contributed by atoms with Crippen LogP contribution in [0.3, 0.4) is 0 Å². The third-order valence-corrected chi connectivity index (χ3v) is 2.72. The smallest absolute Gasteiger partial charge is 0.138 e. The Kier molecular flexibility index (Phi) is 5.19. The quantitative estimate of drug-likeness (QED) is 0.758. The van der Waals surface area contributed by atoms with Gasteiger partial charge in [-0.25, -0.2) is 0 Å². The molecule has 0 saturated carbocycles. The van der Waals surface area contributed by atoms with Gasteiger partial charge in [-0.2, -0.15) is 5.10 Å². The van der Waals surface area contributed by atoms with Crippen LogP contribution in [0.1, 0.15) is 31.9 Å². The third-order valence-electron chi connectivity index (χ3n) is 2.72. The molecule has 1 aromatic rings. The molecular weight excluding hydrogens is 202 g/mol. The molecule has 0 radical (unpaired) electrons. The number of rotatable bonds is 7. The largest absolute Gasteiger partial charge is 0.330 e. The van der Waals surface area contributed by atoms with Crippen molar-refractivity contribution < 1.29 is 4.79 Å². The minimum Gasteiger partial charge on any atom is -0.330 e. The van der Waals surface area contributed by atoms with Gasteiger partial charge in [-0.3, -0.25) is 9.48 Å². The van der Waals surface area contributed by atoms with Crippen LogP contribution >= 0.6 is 0 Å². The van der Waals surface area contributed by atoms with Gasteiger partial charge in [-0.05, 0) is 31.4 Å². The molecule has 1 aromatic heterocycles. The van der Waals surface area contributed by atoms with Gasteiger partial charge < -0.3 is 5.73 Å². The fourth-order valence-electron chi connectivity index (χ4n) is 1.68. The van der Waals surface area contributed by atoms with E-state index in [4.69, 9.17) is 5.73 Å². The standard InChI is InChI=1S/C12H21N3O/c1-10(5-7-13)3-4-12(16)9-11-6-8-15(2)14-11/h6,8,10H,3-5,7,9,13H2,1-2H3. The number of ketones is 1. The van der Waals surface area contributed by atoms with Gasteiger partial charge in [0.25, 0.3) is 0 Å². The summed E-state index contributed by atoms with van der Waals surface area (Å²) in [6.45, 7) is 2.84. The normalized spacial score (nSPS) is 12.7. The zero-order valence-corrected chi connectivity index (χ0v) is 10.1. The summed E-state index contributed by atoms with van der Waals surface area (Å²) >= 11 is 0. The predicted octanol–water partition coefficient (Wildman–Crippen LogP) is 1.30. The fraction of sp³-hybridized carbons (Fsp3) is 0.667. The molecule has 0 aliphatic rings. The van der Waals surface area contributed by atoms with Crippen LogP contribution in [-0.2, 0) is 18.3 Å². The van der Waals surface area contributed by atoms with Gasteiger partial charge in [-0.1, -0.05) is 6.92 Å². The van der Waals surface area contributed by atoms with E-state index < -0.39 is 0 Å². The molecule has 0 bridgehead atoms. The monoisotopic (exact) mass is 223 g/mol. The number of Topliss-reactive ketones (excluding diaryl/α,β-unsaturated/α-hetero) is 1. The molecule has 0 fully saturated rings. The van der Waals surface area contributed by atoms with Gasteiger partial charge in [-0.15, -0.1) is 0 Å². The van der Waals surface area contributed by atoms with Crippen molar-refractivity contribution in [3.05, 3.63) is 18.0 Å². The summed E-state index contributed by atoms with van der Waals surface area (Å²) in [5, 5.41) is 4.19. The first-order valence-electron chi connectivity index (χ1n) is 5.82. The maximum atomic E-state index is 11.6. The number of hydrogen-bond donors (Lipinski definition) is 1. The zero-order chi connectivity index (χ0) is 12.0. The second-order valence-corrected chi connectivity index (χ2v) is 4.42. The summed E-state index contributed by atoms with van der Waals surface area (Å²) in [5.74, 6) is 0.806. The molecule has 1 unspecified atom stereocenters. The van der Waals surface area contributed by atoms with Gasteiger partial charge in [0.2, 0.25) is 0 Å². The van der Waals surface area contributed by atoms with Crippen molar-refractivity contribution in [3.8, 4) is 0 Å². The van der Waals surface area contributed by atoms with Crippen molar-refractivity contribution in [2.75, 3.05) is 6.54 Å². The fourth-order valence-corrected chi connectivity index (χ4v) is 1.68. The predicted molar refractivity (Wildman–Crippen MR) is 64.0 cm³/mol. The number of carbonyl (C=O) groups excluding carboxylic acids is 1. The van der Waals surface area contributed by atoms with E-state index >= 15 is 0 Å². The van der Waals surface area contributed by atoms with Crippen molar-refractivity contribution in [2.24, 2.45) is 18.7 Å². The minimum atomic E-state index is 0.266. The molecule has 1 heterocycles. The van der Waals surface area contributed by atoms with E-state index in [1.165, 1.54) is 0 Å². The second-order valence-electron chi connectivity index (χ2n) is 4.42. The maximum Gasteiger partial charge on any atom is 0.138 e. The molecule has 0 aliphatic heterocycles. The summed E-state index contributed by atoms with van der Waals surface area (Å²) in [6.07, 6.45) is 4.88. The van der Waals surface area contributed by atoms with Crippen LogP contribution in [0, 0.1) is 5.92 Å². The highest BCUT2D eigenvalue weighted by atomic mass is 16.1. The van der Waals surface area contributed by atoms with Gasteiger partial charge >= 0.3 is 0 Å². The van der Waals surface area contributed by atoms with Crippen LogP contribution in [0.15, 0.2) is 12.3 Å². The molecule has 0 saturated heterocycles. The number of aryl methyl sites for hydroxylation is 1. The maximum absolute atomic E-state index is 11.6. The van der Waals surface area contributed by atoms with Crippen molar-refractivity contribution in [2.45, 2.75) is 32.6 Å². The summed E-state index contributed by atoms with van der Waals surface area (Å²) in [4.78, 5) is 11.6. The second kappa shape index (κ2) is 6.43. The van der Waals surface area contributed by atoms with Crippen LogP contribution in [-0.4, -0.2) is 22.1 Å². The zero-order valence-electron chi connectivity index (χ0n) is 10.1. The lowest BCUT2D eigenvalue weighted by molar-refractivity contribution is -0.118. The molecule has 0 aliphatic carbocycles. The Hall–Kier alpha value is -1.16. The molecular formula is C12H21N3O. The average Bonchev–Trinajstić information content (AvgIpc) is 2.61. The van der Waals surface area contributed by atoms with E-state index in [9.17, 15) is 4.79 Å². The molecule has 1 atom stereocenters. The Morgan fingerprint density at radius 3 is 2.88 bits per heavy atom. The van der Waals surface area contributed by atoms with Crippen molar-refractivity contribution in [1.82, 2.24) is 9.78 Å². The van der Waals surface area contributed by atoms with Crippen LogP contribution < -0.4 is 5.73 Å². The Morgan fingerprint density at radius 2 is 2.31 bits per heavy atom. The Labute approximate surface area is 96.8 Å². The van der Waals surface area contributed by atoms with Gasteiger partial charge in [0.1, 0.15) is 5.78 Å². The molecule has 2 N–H and O–H groups in total. The molecule has 4 nitrogen and oxygen atoms in total. The van der Waals surface area contributed by atoms with Crippen molar-refractivity contribution in [3.63, 3.8) is 0 Å². The number of carbonyl (C=O) groups is 1. The van der Waals surface area contributed by atoms with E-state index in [2.05, 4.69) is 12.0 Å². The molecule has 16 heavy (non-hydrogen) atoms. The first-order valence-corrected chi connectivity index (χ1v) is 5.82. The first-order chi connectivity index (χ1) is 7.61. The van der Waals surface area contributed by atoms with E-state index in [0.29, 0.717) is 25.3 Å². The Bertz CT molecular complexity index is 333. The van der Waals surface area contributed by atoms with Crippen LogP contribution in [0.5, 0.6) is 0 Å². The van der Waals surface area contributed by atoms with Crippen molar-refractivity contribution in [1.29, 1.82) is 0 Å². The Balaban J connectivity index is 2.26. The minimum absolute atomic E-state index is 0.266. The average molecular weight is 223 g/mol.